The van der Waals surface area contributed by atoms with Gasteiger partial charge in [-0.2, -0.15) is 0 Å². The fraction of sp³-hybridized carbons (Fsp3) is 0.154. The van der Waals surface area contributed by atoms with Gasteiger partial charge < -0.3 is 9.84 Å². The van der Waals surface area contributed by atoms with Crippen molar-refractivity contribution >= 4 is 34.7 Å². The van der Waals surface area contributed by atoms with E-state index in [-0.39, 0.29) is 11.3 Å². The second-order valence-electron chi connectivity index (χ2n) is 7.43. The highest BCUT2D eigenvalue weighted by Gasteiger charge is 2.46. The van der Waals surface area contributed by atoms with Crippen LogP contribution in [0.1, 0.15) is 30.5 Å². The van der Waals surface area contributed by atoms with Gasteiger partial charge >= 0.3 is 0 Å². The van der Waals surface area contributed by atoms with E-state index >= 15 is 0 Å². The molecule has 6 heteroatoms. The average Bonchev–Trinajstić information content (AvgIpc) is 3.08. The highest BCUT2D eigenvalue weighted by molar-refractivity contribution is 6.51. The summed E-state index contributed by atoms with van der Waals surface area (Å²) < 4.78 is 5.59. The standard InChI is InChI=1S/C26H22ClNO4/c1-2-15-32-21-13-11-18(12-14-21)24(29)22-23(17-7-4-3-5-8-17)28(26(31)25(22)30)20-10-6-9-19(27)16-20/h3-14,16,23,29H,2,15H2,1H3/b24-22+. The fourth-order valence-electron chi connectivity index (χ4n) is 3.76. The fourth-order valence-corrected chi connectivity index (χ4v) is 3.94. The molecule has 32 heavy (non-hydrogen) atoms. The molecule has 0 radical (unpaired) electrons. The summed E-state index contributed by atoms with van der Waals surface area (Å²) in [7, 11) is 0. The van der Waals surface area contributed by atoms with Crippen LogP contribution < -0.4 is 9.64 Å². The van der Waals surface area contributed by atoms with Crippen molar-refractivity contribution in [2.24, 2.45) is 0 Å². The SMILES string of the molecule is CCCOc1ccc(/C(O)=C2\C(=O)C(=O)N(c3cccc(Cl)c3)C2c2ccccc2)cc1. The first kappa shape index (κ1) is 21.7. The number of Topliss-reactive ketones (excluding diaryl/α,β-unsaturated/α-hetero) is 1. The van der Waals surface area contributed by atoms with E-state index in [9.17, 15) is 14.7 Å². The molecule has 3 aromatic carbocycles. The number of aliphatic hydroxyl groups excluding tert-OH is 1. The first-order valence-electron chi connectivity index (χ1n) is 10.4. The van der Waals surface area contributed by atoms with Gasteiger partial charge in [-0.05, 0) is 54.4 Å². The molecule has 0 bridgehead atoms. The highest BCUT2D eigenvalue weighted by Crippen LogP contribution is 2.42. The molecule has 0 spiro atoms. The van der Waals surface area contributed by atoms with Crippen molar-refractivity contribution < 1.29 is 19.4 Å². The van der Waals surface area contributed by atoms with Gasteiger partial charge in [-0.1, -0.05) is 54.9 Å². The monoisotopic (exact) mass is 447 g/mol. The van der Waals surface area contributed by atoms with Crippen LogP contribution in [0.25, 0.3) is 5.76 Å². The predicted molar refractivity (Wildman–Crippen MR) is 125 cm³/mol. The molecular weight excluding hydrogens is 426 g/mol. The number of ether oxygens (including phenoxy) is 1. The summed E-state index contributed by atoms with van der Waals surface area (Å²) in [6.45, 7) is 2.60. The molecule has 1 unspecified atom stereocenters. The third-order valence-electron chi connectivity index (χ3n) is 5.25. The second kappa shape index (κ2) is 9.28. The molecule has 0 aromatic heterocycles. The molecule has 162 valence electrons. The van der Waals surface area contributed by atoms with E-state index in [2.05, 4.69) is 0 Å². The Morgan fingerprint density at radius 2 is 1.72 bits per heavy atom. The molecule has 1 amide bonds. The summed E-state index contributed by atoms with van der Waals surface area (Å²) in [6, 6.07) is 21.9. The molecule has 1 fully saturated rings. The quantitative estimate of drug-likeness (QED) is 0.296. The van der Waals surface area contributed by atoms with Gasteiger partial charge in [0.15, 0.2) is 0 Å². The number of aliphatic hydroxyl groups is 1. The maximum atomic E-state index is 13.1. The third-order valence-corrected chi connectivity index (χ3v) is 5.48. The van der Waals surface area contributed by atoms with E-state index in [1.54, 1.807) is 48.5 Å². The molecule has 5 nitrogen and oxygen atoms in total. The maximum absolute atomic E-state index is 13.1. The maximum Gasteiger partial charge on any atom is 0.300 e. The van der Waals surface area contributed by atoms with E-state index < -0.39 is 17.7 Å². The van der Waals surface area contributed by atoms with Gasteiger partial charge in [-0.25, -0.2) is 0 Å². The number of hydrogen-bond acceptors (Lipinski definition) is 4. The zero-order valence-corrected chi connectivity index (χ0v) is 18.3. The first-order chi connectivity index (χ1) is 15.5. The molecule has 1 atom stereocenters. The van der Waals surface area contributed by atoms with E-state index in [0.29, 0.717) is 34.2 Å². The Balaban J connectivity index is 1.84. The van der Waals surface area contributed by atoms with Crippen LogP contribution in [0.15, 0.2) is 84.4 Å². The van der Waals surface area contributed by atoms with Gasteiger partial charge in [0.05, 0.1) is 18.2 Å². The number of amides is 1. The van der Waals surface area contributed by atoms with Crippen molar-refractivity contribution in [2.75, 3.05) is 11.5 Å². The Hall–Kier alpha value is -3.57. The van der Waals surface area contributed by atoms with E-state index in [4.69, 9.17) is 16.3 Å². The summed E-state index contributed by atoms with van der Waals surface area (Å²) in [5.74, 6) is -1.03. The lowest BCUT2D eigenvalue weighted by Gasteiger charge is -2.25. The summed E-state index contributed by atoms with van der Waals surface area (Å²) >= 11 is 6.15. The molecule has 1 aliphatic heterocycles. The van der Waals surface area contributed by atoms with Gasteiger partial charge in [0.1, 0.15) is 11.5 Å². The van der Waals surface area contributed by atoms with Crippen LogP contribution in [0.2, 0.25) is 5.02 Å². The minimum Gasteiger partial charge on any atom is -0.507 e. The Labute approximate surface area is 191 Å². The number of benzene rings is 3. The van der Waals surface area contributed by atoms with Crippen LogP contribution in [-0.4, -0.2) is 23.4 Å². The van der Waals surface area contributed by atoms with Crippen LogP contribution in [-0.2, 0) is 9.59 Å². The summed E-state index contributed by atoms with van der Waals surface area (Å²) in [4.78, 5) is 27.6. The average molecular weight is 448 g/mol. The third kappa shape index (κ3) is 4.12. The second-order valence-corrected chi connectivity index (χ2v) is 7.87. The van der Waals surface area contributed by atoms with Crippen LogP contribution in [0.5, 0.6) is 5.75 Å². The molecule has 1 aliphatic rings. The molecule has 1 saturated heterocycles. The van der Waals surface area contributed by atoms with E-state index in [1.807, 2.05) is 37.3 Å². The van der Waals surface area contributed by atoms with Crippen molar-refractivity contribution in [3.63, 3.8) is 0 Å². The van der Waals surface area contributed by atoms with E-state index in [1.165, 1.54) is 4.90 Å². The topological polar surface area (TPSA) is 66.8 Å². The Kier molecular flexibility index (Phi) is 6.28. The molecule has 4 rings (SSSR count). The minimum absolute atomic E-state index is 0.0309. The Morgan fingerprint density at radius 3 is 2.38 bits per heavy atom. The van der Waals surface area contributed by atoms with Gasteiger partial charge in [0.25, 0.3) is 11.7 Å². The largest absolute Gasteiger partial charge is 0.507 e. The molecular formula is C26H22ClNO4. The van der Waals surface area contributed by atoms with Crippen molar-refractivity contribution in [2.45, 2.75) is 19.4 Å². The van der Waals surface area contributed by atoms with Crippen molar-refractivity contribution in [1.29, 1.82) is 0 Å². The number of hydrogen-bond donors (Lipinski definition) is 1. The molecule has 3 aromatic rings. The normalized spacial score (nSPS) is 17.6. The van der Waals surface area contributed by atoms with Gasteiger partial charge in [0.2, 0.25) is 0 Å². The lowest BCUT2D eigenvalue weighted by molar-refractivity contribution is -0.132. The summed E-state index contributed by atoms with van der Waals surface area (Å²) in [6.07, 6.45) is 0.881. The zero-order valence-electron chi connectivity index (χ0n) is 17.5. The van der Waals surface area contributed by atoms with Crippen LogP contribution >= 0.6 is 11.6 Å². The van der Waals surface area contributed by atoms with Crippen LogP contribution in [0.3, 0.4) is 0 Å². The van der Waals surface area contributed by atoms with Gasteiger partial charge in [0, 0.05) is 16.3 Å². The number of carbonyl (C=O) groups excluding carboxylic acids is 2. The van der Waals surface area contributed by atoms with Crippen molar-refractivity contribution in [3.05, 3.63) is 101 Å². The van der Waals surface area contributed by atoms with Crippen molar-refractivity contribution in [3.8, 4) is 5.75 Å². The lowest BCUT2D eigenvalue weighted by Crippen LogP contribution is -2.29. The number of halogens is 1. The Bertz CT molecular complexity index is 1170. The highest BCUT2D eigenvalue weighted by atomic mass is 35.5. The van der Waals surface area contributed by atoms with E-state index in [0.717, 1.165) is 6.42 Å². The van der Waals surface area contributed by atoms with Crippen LogP contribution in [0, 0.1) is 0 Å². The van der Waals surface area contributed by atoms with Gasteiger partial charge in [-0.15, -0.1) is 0 Å². The number of rotatable bonds is 6. The molecule has 1 heterocycles. The first-order valence-corrected chi connectivity index (χ1v) is 10.7. The smallest absolute Gasteiger partial charge is 0.300 e. The number of ketones is 1. The zero-order chi connectivity index (χ0) is 22.7. The predicted octanol–water partition coefficient (Wildman–Crippen LogP) is 5.76. The molecule has 0 saturated carbocycles. The molecule has 1 N–H and O–H groups in total. The Morgan fingerprint density at radius 1 is 1.00 bits per heavy atom. The lowest BCUT2D eigenvalue weighted by atomic mass is 9.95. The number of carbonyl (C=O) groups is 2. The minimum atomic E-state index is -0.786. The van der Waals surface area contributed by atoms with Crippen LogP contribution in [0.4, 0.5) is 5.69 Å². The number of anilines is 1. The molecule has 0 aliphatic carbocycles. The van der Waals surface area contributed by atoms with Crippen molar-refractivity contribution in [1.82, 2.24) is 0 Å². The summed E-state index contributed by atoms with van der Waals surface area (Å²) in [5, 5.41) is 11.6. The summed E-state index contributed by atoms with van der Waals surface area (Å²) in [5.41, 5.74) is 1.65. The number of nitrogens with zero attached hydrogens (tertiary/aromatic N) is 1. The van der Waals surface area contributed by atoms with Gasteiger partial charge in [-0.3, -0.25) is 14.5 Å².